The summed E-state index contributed by atoms with van der Waals surface area (Å²) in [5, 5.41) is 0. The minimum Gasteiger partial charge on any atom is -0.468 e. The van der Waals surface area contributed by atoms with E-state index in [1.165, 1.54) is 7.11 Å². The SMILES string of the molecule is COC(=O)C1(C)CC(C)(C)CC1=O. The molecule has 0 aromatic heterocycles. The van der Waals surface area contributed by atoms with E-state index in [-0.39, 0.29) is 11.2 Å². The molecule has 0 saturated heterocycles. The normalized spacial score (nSPS) is 31.8. The van der Waals surface area contributed by atoms with E-state index in [1.54, 1.807) is 6.92 Å². The Kier molecular flexibility index (Phi) is 2.22. The molecule has 1 rings (SSSR count). The summed E-state index contributed by atoms with van der Waals surface area (Å²) in [4.78, 5) is 23.0. The number of ketones is 1. The molecular weight excluding hydrogens is 168 g/mol. The van der Waals surface area contributed by atoms with Crippen molar-refractivity contribution in [2.45, 2.75) is 33.6 Å². The van der Waals surface area contributed by atoms with Gasteiger partial charge < -0.3 is 4.74 Å². The van der Waals surface area contributed by atoms with Gasteiger partial charge in [0.05, 0.1) is 7.11 Å². The molecule has 0 heterocycles. The minimum absolute atomic E-state index is 0.00403. The Morgan fingerprint density at radius 3 is 2.23 bits per heavy atom. The van der Waals surface area contributed by atoms with E-state index in [2.05, 4.69) is 4.74 Å². The van der Waals surface area contributed by atoms with Gasteiger partial charge in [-0.3, -0.25) is 9.59 Å². The monoisotopic (exact) mass is 184 g/mol. The molecule has 0 N–H and O–H groups in total. The predicted octanol–water partition coefficient (Wildman–Crippen LogP) is 1.55. The number of ether oxygens (including phenoxy) is 1. The van der Waals surface area contributed by atoms with Crippen LogP contribution in [0.5, 0.6) is 0 Å². The highest BCUT2D eigenvalue weighted by Gasteiger charge is 2.52. The average Bonchev–Trinajstić information content (AvgIpc) is 2.20. The van der Waals surface area contributed by atoms with Crippen LogP contribution >= 0.6 is 0 Å². The lowest BCUT2D eigenvalue weighted by molar-refractivity contribution is -0.155. The number of Topliss-reactive ketones (excluding diaryl/α,β-unsaturated/α-hetero) is 1. The molecule has 0 bridgehead atoms. The Balaban J connectivity index is 2.94. The summed E-state index contributed by atoms with van der Waals surface area (Å²) in [6, 6.07) is 0. The lowest BCUT2D eigenvalue weighted by Gasteiger charge is -2.21. The molecular formula is C10H16O3. The smallest absolute Gasteiger partial charge is 0.319 e. The molecule has 0 aromatic carbocycles. The first-order chi connectivity index (χ1) is 5.82. The van der Waals surface area contributed by atoms with Gasteiger partial charge in [-0.15, -0.1) is 0 Å². The van der Waals surface area contributed by atoms with Crippen LogP contribution in [-0.2, 0) is 14.3 Å². The van der Waals surface area contributed by atoms with E-state index < -0.39 is 11.4 Å². The van der Waals surface area contributed by atoms with Gasteiger partial charge in [0.1, 0.15) is 11.2 Å². The number of carbonyl (C=O) groups is 2. The molecule has 0 aromatic rings. The maximum absolute atomic E-state index is 11.6. The second kappa shape index (κ2) is 2.82. The summed E-state index contributed by atoms with van der Waals surface area (Å²) in [6.45, 7) is 5.67. The first kappa shape index (κ1) is 10.2. The van der Waals surface area contributed by atoms with Gasteiger partial charge in [0, 0.05) is 6.42 Å². The first-order valence-corrected chi connectivity index (χ1v) is 4.43. The van der Waals surface area contributed by atoms with Crippen LogP contribution in [0.15, 0.2) is 0 Å². The van der Waals surface area contributed by atoms with Crippen molar-refractivity contribution in [3.05, 3.63) is 0 Å². The molecule has 0 aliphatic heterocycles. The molecule has 0 radical (unpaired) electrons. The zero-order valence-corrected chi connectivity index (χ0v) is 8.64. The summed E-state index contributed by atoms with van der Waals surface area (Å²) in [6.07, 6.45) is 1.06. The van der Waals surface area contributed by atoms with E-state index >= 15 is 0 Å². The Labute approximate surface area is 78.5 Å². The molecule has 1 aliphatic carbocycles. The Bertz CT molecular complexity index is 255. The van der Waals surface area contributed by atoms with E-state index in [0.717, 1.165) is 0 Å². The Hall–Kier alpha value is -0.860. The molecule has 1 aliphatic rings. The molecule has 13 heavy (non-hydrogen) atoms. The van der Waals surface area contributed by atoms with Crippen LogP contribution < -0.4 is 0 Å². The van der Waals surface area contributed by atoms with E-state index in [1.807, 2.05) is 13.8 Å². The fraction of sp³-hybridized carbons (Fsp3) is 0.800. The maximum Gasteiger partial charge on any atom is 0.319 e. The maximum atomic E-state index is 11.6. The molecule has 1 saturated carbocycles. The Morgan fingerprint density at radius 1 is 1.38 bits per heavy atom. The predicted molar refractivity (Wildman–Crippen MR) is 48.1 cm³/mol. The number of hydrogen-bond acceptors (Lipinski definition) is 3. The summed E-state index contributed by atoms with van der Waals surface area (Å²) in [5.74, 6) is -0.396. The third-order valence-corrected chi connectivity index (χ3v) is 2.72. The standard InChI is InChI=1S/C10H16O3/c1-9(2)5-7(11)10(3,6-9)8(12)13-4/h5-6H2,1-4H3. The summed E-state index contributed by atoms with van der Waals surface area (Å²) in [5.41, 5.74) is -0.974. The van der Waals surface area contributed by atoms with Gasteiger partial charge in [0.15, 0.2) is 0 Å². The van der Waals surface area contributed by atoms with Crippen molar-refractivity contribution >= 4 is 11.8 Å². The van der Waals surface area contributed by atoms with E-state index in [4.69, 9.17) is 0 Å². The molecule has 3 nitrogen and oxygen atoms in total. The zero-order chi connectivity index (χ0) is 10.3. The van der Waals surface area contributed by atoms with E-state index in [9.17, 15) is 9.59 Å². The summed E-state index contributed by atoms with van der Waals surface area (Å²) in [7, 11) is 1.33. The topological polar surface area (TPSA) is 43.4 Å². The van der Waals surface area contributed by atoms with Crippen LogP contribution in [0.4, 0.5) is 0 Å². The fourth-order valence-electron chi connectivity index (χ4n) is 2.16. The van der Waals surface area contributed by atoms with Crippen molar-refractivity contribution in [2.75, 3.05) is 7.11 Å². The second-order valence-corrected chi connectivity index (χ2v) is 4.76. The van der Waals surface area contributed by atoms with Crippen molar-refractivity contribution in [1.82, 2.24) is 0 Å². The quantitative estimate of drug-likeness (QED) is 0.458. The molecule has 3 heteroatoms. The lowest BCUT2D eigenvalue weighted by Crippen LogP contribution is -2.33. The molecule has 0 spiro atoms. The van der Waals surface area contributed by atoms with Gasteiger partial charge in [-0.1, -0.05) is 13.8 Å². The van der Waals surface area contributed by atoms with Crippen LogP contribution in [0.1, 0.15) is 33.6 Å². The van der Waals surface area contributed by atoms with Gasteiger partial charge in [-0.05, 0) is 18.8 Å². The molecule has 1 atom stereocenters. The van der Waals surface area contributed by atoms with Crippen molar-refractivity contribution in [3.8, 4) is 0 Å². The highest BCUT2D eigenvalue weighted by molar-refractivity contribution is 6.05. The van der Waals surface area contributed by atoms with Crippen molar-refractivity contribution in [1.29, 1.82) is 0 Å². The summed E-state index contributed by atoms with van der Waals surface area (Å²) >= 11 is 0. The zero-order valence-electron chi connectivity index (χ0n) is 8.64. The van der Waals surface area contributed by atoms with Crippen LogP contribution in [0, 0.1) is 10.8 Å². The summed E-state index contributed by atoms with van der Waals surface area (Å²) < 4.78 is 4.64. The van der Waals surface area contributed by atoms with Crippen LogP contribution in [0.25, 0.3) is 0 Å². The first-order valence-electron chi connectivity index (χ1n) is 4.43. The molecule has 1 unspecified atom stereocenters. The Morgan fingerprint density at radius 2 is 1.92 bits per heavy atom. The number of rotatable bonds is 1. The van der Waals surface area contributed by atoms with Crippen molar-refractivity contribution in [3.63, 3.8) is 0 Å². The third kappa shape index (κ3) is 1.60. The minimum atomic E-state index is -0.905. The number of hydrogen-bond donors (Lipinski definition) is 0. The number of methoxy groups -OCH3 is 1. The van der Waals surface area contributed by atoms with Gasteiger partial charge in [-0.25, -0.2) is 0 Å². The van der Waals surface area contributed by atoms with Gasteiger partial charge in [0.2, 0.25) is 0 Å². The van der Waals surface area contributed by atoms with E-state index in [0.29, 0.717) is 12.8 Å². The van der Waals surface area contributed by atoms with Crippen LogP contribution in [0.2, 0.25) is 0 Å². The second-order valence-electron chi connectivity index (χ2n) is 4.76. The van der Waals surface area contributed by atoms with Gasteiger partial charge in [0.25, 0.3) is 0 Å². The van der Waals surface area contributed by atoms with Crippen LogP contribution in [-0.4, -0.2) is 18.9 Å². The highest BCUT2D eigenvalue weighted by Crippen LogP contribution is 2.46. The van der Waals surface area contributed by atoms with Crippen LogP contribution in [0.3, 0.4) is 0 Å². The van der Waals surface area contributed by atoms with Crippen molar-refractivity contribution < 1.29 is 14.3 Å². The lowest BCUT2D eigenvalue weighted by atomic mass is 9.83. The highest BCUT2D eigenvalue weighted by atomic mass is 16.5. The van der Waals surface area contributed by atoms with Gasteiger partial charge in [-0.2, -0.15) is 0 Å². The van der Waals surface area contributed by atoms with Gasteiger partial charge >= 0.3 is 5.97 Å². The molecule has 1 fully saturated rings. The fourth-order valence-corrected chi connectivity index (χ4v) is 2.16. The number of carbonyl (C=O) groups excluding carboxylic acids is 2. The third-order valence-electron chi connectivity index (χ3n) is 2.72. The number of esters is 1. The largest absolute Gasteiger partial charge is 0.468 e. The molecule has 0 amide bonds. The average molecular weight is 184 g/mol. The molecule has 74 valence electrons. The van der Waals surface area contributed by atoms with Crippen molar-refractivity contribution in [2.24, 2.45) is 10.8 Å².